The number of rotatable bonds is 32. The van der Waals surface area contributed by atoms with Gasteiger partial charge < -0.3 is 14.6 Å². The maximum Gasteiger partial charge on any atom is 0.168 e. The van der Waals surface area contributed by atoms with Gasteiger partial charge in [-0.3, -0.25) is 0 Å². The smallest absolute Gasteiger partial charge is 0.168 e. The number of aliphatic hydroxyl groups is 1. The van der Waals surface area contributed by atoms with Crippen LogP contribution in [-0.2, 0) is 9.47 Å². The molecule has 0 amide bonds. The van der Waals surface area contributed by atoms with Crippen LogP contribution < -0.4 is 0 Å². The Kier molecular flexibility index (Phi) is 29.5. The Morgan fingerprint density at radius 1 is 0.523 bits per heavy atom. The molecule has 3 nitrogen and oxygen atoms in total. The Bertz CT molecular complexity index is 659. The van der Waals surface area contributed by atoms with Gasteiger partial charge in [0, 0.05) is 19.4 Å². The molecule has 0 bridgehead atoms. The molecule has 1 aliphatic rings. The minimum atomic E-state index is -0.398. The largest absolute Gasteiger partial charge is 0.396 e. The number of ether oxygens (including phenoxy) is 2. The summed E-state index contributed by atoms with van der Waals surface area (Å²) in [5.74, 6) is -0.398. The highest BCUT2D eigenvalue weighted by Crippen LogP contribution is 2.35. The minimum Gasteiger partial charge on any atom is -0.396 e. The first kappa shape index (κ1) is 40.9. The number of hydrogen-bond donors (Lipinski definition) is 1. The van der Waals surface area contributed by atoms with Crippen molar-refractivity contribution in [1.29, 1.82) is 0 Å². The molecule has 1 atom stereocenters. The van der Waals surface area contributed by atoms with E-state index in [0.717, 1.165) is 25.7 Å². The molecular formula is C41H74O3. The van der Waals surface area contributed by atoms with Gasteiger partial charge in [-0.1, -0.05) is 140 Å². The lowest BCUT2D eigenvalue weighted by Crippen LogP contribution is -2.31. The van der Waals surface area contributed by atoms with Gasteiger partial charge in [0.05, 0.1) is 12.7 Å². The van der Waals surface area contributed by atoms with Crippen molar-refractivity contribution >= 4 is 0 Å². The van der Waals surface area contributed by atoms with E-state index in [1.165, 1.54) is 141 Å². The van der Waals surface area contributed by atoms with E-state index in [2.05, 4.69) is 62.5 Å². The van der Waals surface area contributed by atoms with Gasteiger partial charge in [-0.25, -0.2) is 0 Å². The molecule has 0 spiro atoms. The van der Waals surface area contributed by atoms with Crippen molar-refractivity contribution in [1.82, 2.24) is 0 Å². The average molecular weight is 615 g/mol. The number of hydrogen-bond acceptors (Lipinski definition) is 3. The topological polar surface area (TPSA) is 38.7 Å². The quantitative estimate of drug-likeness (QED) is 0.0605. The molecule has 1 rings (SSSR count). The molecule has 0 saturated carbocycles. The standard InChI is InChI=1S/C41H74O3/c1-3-5-7-9-11-13-15-17-19-21-23-25-27-29-31-33-36-41(43-39-40(44-41)35-38-42)37-34-32-30-28-26-24-22-20-18-16-14-12-10-8-6-4-2/h11-14,17-20,40,42H,3-10,15-16,21-39H2,1-2H3/b13-11-,14-12-,19-17-,20-18-/t40-/m0/s1. The molecule has 1 N–H and O–H groups in total. The number of allylic oxidation sites excluding steroid dienone is 8. The zero-order valence-corrected chi connectivity index (χ0v) is 29.5. The first-order valence-corrected chi connectivity index (χ1v) is 19.3. The minimum absolute atomic E-state index is 0.0641. The zero-order chi connectivity index (χ0) is 31.7. The highest BCUT2D eigenvalue weighted by atomic mass is 16.7. The second-order valence-corrected chi connectivity index (χ2v) is 13.1. The molecule has 1 heterocycles. The van der Waals surface area contributed by atoms with Crippen LogP contribution in [0.1, 0.15) is 187 Å². The third-order valence-electron chi connectivity index (χ3n) is 8.88. The molecule has 1 aliphatic heterocycles. The molecule has 0 aromatic rings. The number of unbranched alkanes of at least 4 members (excludes halogenated alkanes) is 18. The lowest BCUT2D eigenvalue weighted by Gasteiger charge is -2.28. The van der Waals surface area contributed by atoms with E-state index in [1.807, 2.05) is 0 Å². The first-order chi connectivity index (χ1) is 21.8. The van der Waals surface area contributed by atoms with Gasteiger partial charge in [0.2, 0.25) is 0 Å². The van der Waals surface area contributed by atoms with Gasteiger partial charge in [-0.05, 0) is 83.5 Å². The monoisotopic (exact) mass is 615 g/mol. The van der Waals surface area contributed by atoms with Crippen molar-refractivity contribution in [2.24, 2.45) is 0 Å². The highest BCUT2D eigenvalue weighted by Gasteiger charge is 2.40. The van der Waals surface area contributed by atoms with Gasteiger partial charge >= 0.3 is 0 Å². The summed E-state index contributed by atoms with van der Waals surface area (Å²) in [5, 5.41) is 9.40. The molecule has 44 heavy (non-hydrogen) atoms. The maximum absolute atomic E-state index is 9.40. The van der Waals surface area contributed by atoms with Crippen molar-refractivity contribution in [3.8, 4) is 0 Å². The van der Waals surface area contributed by atoms with Gasteiger partial charge in [0.15, 0.2) is 5.79 Å². The number of aliphatic hydroxyl groups excluding tert-OH is 1. The molecule has 3 heteroatoms. The van der Waals surface area contributed by atoms with E-state index in [9.17, 15) is 5.11 Å². The van der Waals surface area contributed by atoms with Crippen molar-refractivity contribution in [3.05, 3.63) is 48.6 Å². The Hall–Kier alpha value is -1.16. The first-order valence-electron chi connectivity index (χ1n) is 19.3. The molecule has 0 unspecified atom stereocenters. The molecular weight excluding hydrogens is 540 g/mol. The Morgan fingerprint density at radius 3 is 1.32 bits per heavy atom. The fraction of sp³-hybridized carbons (Fsp3) is 0.805. The summed E-state index contributed by atoms with van der Waals surface area (Å²) >= 11 is 0. The van der Waals surface area contributed by atoms with Crippen LogP contribution in [0.25, 0.3) is 0 Å². The van der Waals surface area contributed by atoms with Crippen molar-refractivity contribution in [3.63, 3.8) is 0 Å². The average Bonchev–Trinajstić information content (AvgIpc) is 3.43. The van der Waals surface area contributed by atoms with Crippen molar-refractivity contribution in [2.45, 2.75) is 199 Å². The lowest BCUT2D eigenvalue weighted by atomic mass is 9.98. The Balaban J connectivity index is 2.08. The summed E-state index contributed by atoms with van der Waals surface area (Å²) in [4.78, 5) is 0. The van der Waals surface area contributed by atoms with Crippen molar-refractivity contribution in [2.75, 3.05) is 13.2 Å². The van der Waals surface area contributed by atoms with E-state index in [4.69, 9.17) is 9.47 Å². The molecule has 0 radical (unpaired) electrons. The van der Waals surface area contributed by atoms with Crippen LogP contribution >= 0.6 is 0 Å². The SMILES string of the molecule is CCCCC/C=C\C/C=C\CCCCCCCCC1(CCCCCCCC/C=C\C/C=C\CCCCC)OC[C@H](CCO)O1. The molecule has 256 valence electrons. The molecule has 0 aromatic carbocycles. The molecule has 1 saturated heterocycles. The van der Waals surface area contributed by atoms with Gasteiger partial charge in [0.25, 0.3) is 0 Å². The van der Waals surface area contributed by atoms with E-state index in [-0.39, 0.29) is 12.7 Å². The van der Waals surface area contributed by atoms with Crippen molar-refractivity contribution < 1.29 is 14.6 Å². The molecule has 0 aliphatic carbocycles. The zero-order valence-electron chi connectivity index (χ0n) is 29.5. The summed E-state index contributed by atoms with van der Waals surface area (Å²) in [7, 11) is 0. The van der Waals surface area contributed by atoms with Crippen LogP contribution in [0.5, 0.6) is 0 Å². The van der Waals surface area contributed by atoms with Crippen LogP contribution in [-0.4, -0.2) is 30.2 Å². The van der Waals surface area contributed by atoms with Crippen LogP contribution in [0.2, 0.25) is 0 Å². The van der Waals surface area contributed by atoms with E-state index < -0.39 is 5.79 Å². The summed E-state index contributed by atoms with van der Waals surface area (Å²) in [6, 6.07) is 0. The highest BCUT2D eigenvalue weighted by molar-refractivity contribution is 4.93. The second-order valence-electron chi connectivity index (χ2n) is 13.1. The summed E-state index contributed by atoms with van der Waals surface area (Å²) in [6.07, 6.45) is 52.0. The van der Waals surface area contributed by atoms with E-state index in [0.29, 0.717) is 13.0 Å². The van der Waals surface area contributed by atoms with Crippen LogP contribution in [0.15, 0.2) is 48.6 Å². The fourth-order valence-corrected chi connectivity index (χ4v) is 6.06. The summed E-state index contributed by atoms with van der Waals surface area (Å²) in [6.45, 7) is 5.35. The Morgan fingerprint density at radius 2 is 0.909 bits per heavy atom. The predicted octanol–water partition coefficient (Wildman–Crippen LogP) is 12.9. The fourth-order valence-electron chi connectivity index (χ4n) is 6.06. The van der Waals surface area contributed by atoms with E-state index >= 15 is 0 Å². The second kappa shape index (κ2) is 31.8. The summed E-state index contributed by atoms with van der Waals surface area (Å²) < 4.78 is 12.7. The van der Waals surface area contributed by atoms with Crippen LogP contribution in [0.4, 0.5) is 0 Å². The molecule has 1 fully saturated rings. The van der Waals surface area contributed by atoms with Gasteiger partial charge in [0.1, 0.15) is 0 Å². The van der Waals surface area contributed by atoms with Gasteiger partial charge in [-0.2, -0.15) is 0 Å². The molecule has 0 aromatic heterocycles. The predicted molar refractivity (Wildman–Crippen MR) is 193 cm³/mol. The maximum atomic E-state index is 9.40. The summed E-state index contributed by atoms with van der Waals surface area (Å²) in [5.41, 5.74) is 0. The third kappa shape index (κ3) is 25.1. The lowest BCUT2D eigenvalue weighted by molar-refractivity contribution is -0.180. The normalized spacial score (nSPS) is 17.0. The van der Waals surface area contributed by atoms with Crippen LogP contribution in [0, 0.1) is 0 Å². The third-order valence-corrected chi connectivity index (χ3v) is 8.88. The van der Waals surface area contributed by atoms with Crippen LogP contribution in [0.3, 0.4) is 0 Å². The van der Waals surface area contributed by atoms with Gasteiger partial charge in [-0.15, -0.1) is 0 Å². The Labute approximate surface area is 275 Å². The van der Waals surface area contributed by atoms with E-state index in [1.54, 1.807) is 0 Å².